The van der Waals surface area contributed by atoms with Crippen molar-refractivity contribution < 1.29 is 18.3 Å². The van der Waals surface area contributed by atoms with Gasteiger partial charge in [-0.2, -0.15) is 0 Å². The molecule has 0 amide bonds. The number of rotatable bonds is 4. The van der Waals surface area contributed by atoms with Gasteiger partial charge in [-0.15, -0.1) is 0 Å². The number of carbonyl (C=O) groups is 1. The molecule has 0 saturated heterocycles. The van der Waals surface area contributed by atoms with Crippen LogP contribution in [0.4, 0.5) is 0 Å². The lowest BCUT2D eigenvalue weighted by Gasteiger charge is -1.92. The summed E-state index contributed by atoms with van der Waals surface area (Å²) in [7, 11) is -3.40. The second kappa shape index (κ2) is 4.28. The third kappa shape index (κ3) is 2.35. The fraction of sp³-hybridized carbons (Fsp3) is 0.500. The van der Waals surface area contributed by atoms with Gasteiger partial charge >= 0.3 is 5.97 Å². The maximum atomic E-state index is 11.5. The van der Waals surface area contributed by atoms with Gasteiger partial charge in [0.1, 0.15) is 4.88 Å². The number of carboxylic acids is 1. The molecule has 1 aromatic rings. The number of sulfone groups is 1. The fourth-order valence-electron chi connectivity index (χ4n) is 0.993. The van der Waals surface area contributed by atoms with Crippen LogP contribution in [0.15, 0.2) is 4.34 Å². The van der Waals surface area contributed by atoms with E-state index >= 15 is 0 Å². The van der Waals surface area contributed by atoms with Crippen LogP contribution in [0.2, 0.25) is 0 Å². The van der Waals surface area contributed by atoms with Gasteiger partial charge in [0.25, 0.3) is 0 Å². The molecule has 0 saturated carbocycles. The molecular formula is C8H11NO4S2. The van der Waals surface area contributed by atoms with E-state index in [0.717, 1.165) is 11.3 Å². The van der Waals surface area contributed by atoms with Crippen LogP contribution in [-0.2, 0) is 16.3 Å². The highest BCUT2D eigenvalue weighted by Gasteiger charge is 2.22. The molecule has 0 aromatic carbocycles. The standard InChI is InChI=1S/C8H11NO4S2/c1-3-5-6(7(10)11)14-8(9-5)15(12,13)4-2/h3-4H2,1-2H3,(H,10,11). The number of aromatic nitrogens is 1. The van der Waals surface area contributed by atoms with E-state index in [4.69, 9.17) is 5.11 Å². The summed E-state index contributed by atoms with van der Waals surface area (Å²) >= 11 is 0.725. The van der Waals surface area contributed by atoms with Crippen molar-refractivity contribution in [2.75, 3.05) is 5.75 Å². The zero-order valence-corrected chi connectivity index (χ0v) is 9.98. The summed E-state index contributed by atoms with van der Waals surface area (Å²) in [4.78, 5) is 14.6. The van der Waals surface area contributed by atoms with Gasteiger partial charge in [0.05, 0.1) is 11.4 Å². The lowest BCUT2D eigenvalue weighted by atomic mass is 10.3. The Hall–Kier alpha value is -0.950. The summed E-state index contributed by atoms with van der Waals surface area (Å²) in [5.41, 5.74) is 0.333. The van der Waals surface area contributed by atoms with Gasteiger partial charge in [-0.3, -0.25) is 0 Å². The second-order valence-electron chi connectivity index (χ2n) is 2.82. The van der Waals surface area contributed by atoms with Crippen molar-refractivity contribution in [2.45, 2.75) is 24.6 Å². The average molecular weight is 249 g/mol. The topological polar surface area (TPSA) is 84.3 Å². The Bertz CT molecular complexity index is 475. The van der Waals surface area contributed by atoms with Crippen LogP contribution in [0.3, 0.4) is 0 Å². The quantitative estimate of drug-likeness (QED) is 0.866. The lowest BCUT2D eigenvalue weighted by Crippen LogP contribution is -2.03. The first-order valence-corrected chi connectivity index (χ1v) is 6.85. The highest BCUT2D eigenvalue weighted by atomic mass is 32.2. The highest BCUT2D eigenvalue weighted by Crippen LogP contribution is 2.23. The Kier molecular flexibility index (Phi) is 3.46. The van der Waals surface area contributed by atoms with E-state index in [2.05, 4.69) is 4.98 Å². The van der Waals surface area contributed by atoms with Gasteiger partial charge in [0.15, 0.2) is 0 Å². The summed E-state index contributed by atoms with van der Waals surface area (Å²) < 4.78 is 22.8. The summed E-state index contributed by atoms with van der Waals surface area (Å²) in [5, 5.41) is 8.82. The van der Waals surface area contributed by atoms with Crippen molar-refractivity contribution in [1.29, 1.82) is 0 Å². The molecule has 0 atom stereocenters. The molecule has 0 aliphatic carbocycles. The maximum Gasteiger partial charge on any atom is 0.347 e. The van der Waals surface area contributed by atoms with Crippen LogP contribution in [0.1, 0.15) is 29.2 Å². The Morgan fingerprint density at radius 1 is 1.47 bits per heavy atom. The SMILES string of the molecule is CCc1nc(S(=O)(=O)CC)sc1C(=O)O. The Labute approximate surface area is 91.7 Å². The molecule has 84 valence electrons. The molecule has 7 heteroatoms. The van der Waals surface area contributed by atoms with E-state index in [9.17, 15) is 13.2 Å². The van der Waals surface area contributed by atoms with Crippen molar-refractivity contribution in [3.63, 3.8) is 0 Å². The van der Waals surface area contributed by atoms with E-state index in [0.29, 0.717) is 12.1 Å². The molecule has 0 bridgehead atoms. The van der Waals surface area contributed by atoms with E-state index < -0.39 is 15.8 Å². The van der Waals surface area contributed by atoms with Crippen LogP contribution in [0.25, 0.3) is 0 Å². The molecule has 0 unspecified atom stereocenters. The maximum absolute atomic E-state index is 11.5. The molecule has 1 heterocycles. The minimum absolute atomic E-state index is 0.0181. The molecule has 15 heavy (non-hydrogen) atoms. The molecule has 0 aliphatic heterocycles. The van der Waals surface area contributed by atoms with Gasteiger partial charge in [-0.25, -0.2) is 18.2 Å². The largest absolute Gasteiger partial charge is 0.477 e. The van der Waals surface area contributed by atoms with Crippen molar-refractivity contribution in [1.82, 2.24) is 4.98 Å². The van der Waals surface area contributed by atoms with Crippen LogP contribution in [0, 0.1) is 0 Å². The van der Waals surface area contributed by atoms with Crippen molar-refractivity contribution >= 4 is 27.1 Å². The Balaban J connectivity index is 3.32. The lowest BCUT2D eigenvalue weighted by molar-refractivity contribution is 0.0701. The molecular weight excluding hydrogens is 238 g/mol. The number of hydrogen-bond donors (Lipinski definition) is 1. The van der Waals surface area contributed by atoms with Crippen LogP contribution in [0.5, 0.6) is 0 Å². The predicted octanol–water partition coefficient (Wildman–Crippen LogP) is 1.20. The molecule has 0 radical (unpaired) electrons. The second-order valence-corrected chi connectivity index (χ2v) is 6.27. The minimum atomic E-state index is -3.40. The number of nitrogens with zero attached hydrogens (tertiary/aromatic N) is 1. The Morgan fingerprint density at radius 2 is 2.07 bits per heavy atom. The van der Waals surface area contributed by atoms with E-state index in [1.54, 1.807) is 6.92 Å². The van der Waals surface area contributed by atoms with Crippen LogP contribution < -0.4 is 0 Å². The van der Waals surface area contributed by atoms with E-state index in [-0.39, 0.29) is 15.0 Å². The molecule has 1 N–H and O–H groups in total. The first-order valence-electron chi connectivity index (χ1n) is 4.38. The number of aromatic carboxylic acids is 1. The van der Waals surface area contributed by atoms with Gasteiger partial charge in [-0.1, -0.05) is 25.2 Å². The number of carboxylic acid groups (broad SMARTS) is 1. The van der Waals surface area contributed by atoms with Crippen LogP contribution in [-0.4, -0.2) is 30.2 Å². The summed E-state index contributed by atoms with van der Waals surface area (Å²) in [6.07, 6.45) is 0.414. The number of thiazole rings is 1. The summed E-state index contributed by atoms with van der Waals surface area (Å²) in [6.45, 7) is 3.24. The summed E-state index contributed by atoms with van der Waals surface area (Å²) in [6, 6.07) is 0. The number of hydrogen-bond acceptors (Lipinski definition) is 5. The third-order valence-corrected chi connectivity index (χ3v) is 5.13. The van der Waals surface area contributed by atoms with Crippen molar-refractivity contribution in [3.8, 4) is 0 Å². The minimum Gasteiger partial charge on any atom is -0.477 e. The molecule has 1 rings (SSSR count). The normalized spacial score (nSPS) is 11.6. The predicted molar refractivity (Wildman–Crippen MR) is 56.2 cm³/mol. The fourth-order valence-corrected chi connectivity index (χ4v) is 3.33. The van der Waals surface area contributed by atoms with Gasteiger partial charge in [0, 0.05) is 0 Å². The van der Waals surface area contributed by atoms with Gasteiger partial charge in [0.2, 0.25) is 14.2 Å². The van der Waals surface area contributed by atoms with E-state index in [1.165, 1.54) is 6.92 Å². The molecule has 1 aromatic heterocycles. The van der Waals surface area contributed by atoms with Crippen LogP contribution >= 0.6 is 11.3 Å². The Morgan fingerprint density at radius 3 is 2.40 bits per heavy atom. The average Bonchev–Trinajstić information content (AvgIpc) is 2.62. The highest BCUT2D eigenvalue weighted by molar-refractivity contribution is 7.93. The van der Waals surface area contributed by atoms with E-state index in [1.807, 2.05) is 0 Å². The zero-order chi connectivity index (χ0) is 11.6. The number of aryl methyl sites for hydroxylation is 1. The van der Waals surface area contributed by atoms with Crippen molar-refractivity contribution in [2.24, 2.45) is 0 Å². The van der Waals surface area contributed by atoms with Gasteiger partial charge < -0.3 is 5.11 Å². The molecule has 0 aliphatic rings. The zero-order valence-electron chi connectivity index (χ0n) is 8.35. The van der Waals surface area contributed by atoms with Crippen molar-refractivity contribution in [3.05, 3.63) is 10.6 Å². The first kappa shape index (κ1) is 12.1. The molecule has 0 fully saturated rings. The smallest absolute Gasteiger partial charge is 0.347 e. The van der Waals surface area contributed by atoms with Gasteiger partial charge in [-0.05, 0) is 6.42 Å². The third-order valence-electron chi connectivity index (χ3n) is 1.85. The molecule has 0 spiro atoms. The summed E-state index contributed by atoms with van der Waals surface area (Å²) in [5.74, 6) is -1.19. The monoisotopic (exact) mass is 249 g/mol. The molecule has 5 nitrogen and oxygen atoms in total. The first-order chi connectivity index (χ1) is 6.92.